The first-order valence-electron chi connectivity index (χ1n) is 22.7. The lowest BCUT2D eigenvalue weighted by Gasteiger charge is -2.62. The van der Waals surface area contributed by atoms with E-state index in [-0.39, 0.29) is 48.3 Å². The monoisotopic (exact) mass is 824 g/mol. The first-order chi connectivity index (χ1) is 28.8. The van der Waals surface area contributed by atoms with Crippen LogP contribution in [-0.4, -0.2) is 91.7 Å². The zero-order valence-electron chi connectivity index (χ0n) is 36.6. The van der Waals surface area contributed by atoms with Crippen LogP contribution in [0.3, 0.4) is 0 Å². The molecular formula is C49H66N3O8+. The Bertz CT molecular complexity index is 2140. The minimum Gasteiger partial charge on any atom is -0.493 e. The fraction of sp³-hybridized carbons (Fsp3) is 0.653. The number of benzene rings is 2. The van der Waals surface area contributed by atoms with E-state index in [1.165, 1.54) is 31.2 Å². The molecule has 3 heterocycles. The highest BCUT2D eigenvalue weighted by molar-refractivity contribution is 5.92. The summed E-state index contributed by atoms with van der Waals surface area (Å²) in [4.78, 5) is 30.3. The third-order valence-electron chi connectivity index (χ3n) is 17.0. The van der Waals surface area contributed by atoms with Crippen molar-refractivity contribution in [3.05, 3.63) is 42.1 Å². The van der Waals surface area contributed by atoms with E-state index in [9.17, 15) is 19.8 Å². The van der Waals surface area contributed by atoms with E-state index in [2.05, 4.69) is 49.7 Å². The fourth-order valence-electron chi connectivity index (χ4n) is 13.4. The maximum Gasteiger partial charge on any atom is 0.260 e. The topological polar surface area (TPSA) is 122 Å². The summed E-state index contributed by atoms with van der Waals surface area (Å²) in [7, 11) is 5.20. The second-order valence-corrected chi connectivity index (χ2v) is 20.0. The van der Waals surface area contributed by atoms with Crippen molar-refractivity contribution in [2.24, 2.45) is 46.3 Å². The lowest BCUT2D eigenvalue weighted by Crippen LogP contribution is -2.58. The molecule has 0 spiro atoms. The Hall–Kier alpha value is -4.09. The molecule has 0 bridgehead atoms. The summed E-state index contributed by atoms with van der Waals surface area (Å²) in [5.41, 5.74) is 3.84. The number of aromatic nitrogens is 1. The van der Waals surface area contributed by atoms with Crippen molar-refractivity contribution >= 4 is 22.6 Å². The standard InChI is InChI=1S/C49H66N3O8/c1-29(36-9-10-37-46-38(14-17-49(36,37)3)48(2)16-13-33(53)23-32(48)24-40(46)54)7-12-44(55)50(4)19-20-51(5)45(56)27-58-47-35-26-52-18-15-31-22-42-43(60-28-59-42)25-34(31)39(52)21-30(35)8-11-41(47)57-6/h8,11,21-22,25-26,29,32-33,36-38,40,46,53-54H,7,9-10,12-20,23-24,27-28H2,1-6H3/q+1/t29-,32?,33+,36-,37+,38+,40+,46+,48+,49-/m0/s1. The van der Waals surface area contributed by atoms with Gasteiger partial charge < -0.3 is 39.0 Å². The maximum absolute atomic E-state index is 13.5. The Morgan fingerprint density at radius 3 is 2.45 bits per heavy atom. The SMILES string of the molecule is COc1ccc2cc3[n+](cc2c1OCC(=O)N(C)CCN(C)C(=O)CC[C@H](C)[C@@H]1CC[C@@H]2[C@H]4[C@H](O)CC5C[C@H](O)CC[C@@]5(C)[C@@H]4CC[C@]21C)CCc1cc2c(cc1-3)OCO2. The molecule has 60 heavy (non-hydrogen) atoms. The molecular weight excluding hydrogens is 759 g/mol. The Morgan fingerprint density at radius 2 is 1.67 bits per heavy atom. The average Bonchev–Trinajstić information content (AvgIpc) is 3.86. The van der Waals surface area contributed by atoms with Crippen LogP contribution in [0.4, 0.5) is 0 Å². The number of aryl methyl sites for hydroxylation is 2. The highest BCUT2D eigenvalue weighted by atomic mass is 16.7. The number of ether oxygens (including phenoxy) is 4. The van der Waals surface area contributed by atoms with E-state index < -0.39 is 0 Å². The summed E-state index contributed by atoms with van der Waals surface area (Å²) in [5, 5.41) is 23.9. The number of methoxy groups -OCH3 is 1. The van der Waals surface area contributed by atoms with E-state index in [1.807, 2.05) is 19.2 Å². The van der Waals surface area contributed by atoms with Crippen LogP contribution in [0.5, 0.6) is 23.0 Å². The third kappa shape index (κ3) is 7.09. The molecule has 1 unspecified atom stereocenters. The summed E-state index contributed by atoms with van der Waals surface area (Å²) < 4.78 is 25.5. The van der Waals surface area contributed by atoms with E-state index in [0.29, 0.717) is 66.5 Å². The van der Waals surface area contributed by atoms with E-state index in [1.54, 1.807) is 24.0 Å². The molecule has 6 aliphatic rings. The molecule has 0 saturated heterocycles. The van der Waals surface area contributed by atoms with Crippen LogP contribution in [0.25, 0.3) is 22.0 Å². The van der Waals surface area contributed by atoms with Crippen LogP contribution in [0, 0.1) is 46.3 Å². The number of aliphatic hydroxyl groups is 2. The van der Waals surface area contributed by atoms with Crippen LogP contribution in [0.1, 0.15) is 90.5 Å². The quantitative estimate of drug-likeness (QED) is 0.203. The summed E-state index contributed by atoms with van der Waals surface area (Å²) in [5.74, 6) is 5.37. The second-order valence-electron chi connectivity index (χ2n) is 20.0. The maximum atomic E-state index is 13.5. The van der Waals surface area contributed by atoms with Gasteiger partial charge in [0.2, 0.25) is 18.4 Å². The predicted octanol–water partition coefficient (Wildman–Crippen LogP) is 6.79. The van der Waals surface area contributed by atoms with Crippen LogP contribution in [0.2, 0.25) is 0 Å². The first-order valence-corrected chi connectivity index (χ1v) is 22.7. The number of aliphatic hydroxyl groups excluding tert-OH is 2. The molecule has 0 radical (unpaired) electrons. The van der Waals surface area contributed by atoms with Crippen molar-refractivity contribution < 1.29 is 43.3 Å². The summed E-state index contributed by atoms with van der Waals surface area (Å²) in [6.07, 6.45) is 12.1. The minimum atomic E-state index is -0.276. The molecule has 11 nitrogen and oxygen atoms in total. The number of hydrogen-bond donors (Lipinski definition) is 2. The molecule has 2 amide bonds. The molecule has 10 atom stereocenters. The van der Waals surface area contributed by atoms with Crippen LogP contribution in [0.15, 0.2) is 36.5 Å². The van der Waals surface area contributed by atoms with Gasteiger partial charge >= 0.3 is 0 Å². The van der Waals surface area contributed by atoms with Gasteiger partial charge in [0.25, 0.3) is 5.91 Å². The van der Waals surface area contributed by atoms with Crippen molar-refractivity contribution in [1.82, 2.24) is 9.80 Å². The van der Waals surface area contributed by atoms with Gasteiger partial charge in [0.05, 0.1) is 30.3 Å². The fourth-order valence-corrected chi connectivity index (χ4v) is 13.4. The minimum absolute atomic E-state index is 0.109. The number of rotatable bonds is 11. The highest BCUT2D eigenvalue weighted by Gasteiger charge is 2.62. The largest absolute Gasteiger partial charge is 0.493 e. The summed E-state index contributed by atoms with van der Waals surface area (Å²) >= 11 is 0. The zero-order chi connectivity index (χ0) is 42.1. The number of nitrogens with zero attached hydrogens (tertiary/aromatic N) is 3. The molecule has 3 aromatic rings. The number of likely N-dealkylation sites (N-methyl/N-ethyl adjacent to an activating group) is 2. The number of pyridine rings is 1. The number of hydrogen-bond acceptors (Lipinski definition) is 8. The van der Waals surface area contributed by atoms with Gasteiger partial charge in [-0.3, -0.25) is 9.59 Å². The third-order valence-corrected chi connectivity index (χ3v) is 17.0. The molecule has 1 aromatic heterocycles. The number of fused-ring (bicyclic) bond motifs is 10. The number of carbonyl (C=O) groups excluding carboxylic acids is 2. The zero-order valence-corrected chi connectivity index (χ0v) is 36.6. The normalized spacial score (nSPS) is 31.6. The van der Waals surface area contributed by atoms with Gasteiger partial charge in [-0.1, -0.05) is 20.8 Å². The van der Waals surface area contributed by atoms with Gasteiger partial charge in [0.1, 0.15) is 0 Å². The Morgan fingerprint density at radius 1 is 0.933 bits per heavy atom. The lowest BCUT2D eigenvalue weighted by molar-refractivity contribution is -0.686. The van der Waals surface area contributed by atoms with Gasteiger partial charge in [-0.2, -0.15) is 4.57 Å². The molecule has 4 saturated carbocycles. The number of carbonyl (C=O) groups is 2. The Kier molecular flexibility index (Phi) is 11.0. The molecule has 2 aromatic carbocycles. The molecule has 11 heteroatoms. The van der Waals surface area contributed by atoms with E-state index >= 15 is 0 Å². The molecule has 2 N–H and O–H groups in total. The van der Waals surface area contributed by atoms with Gasteiger partial charge in [-0.05, 0) is 139 Å². The van der Waals surface area contributed by atoms with Crippen molar-refractivity contribution in [3.63, 3.8) is 0 Å². The van der Waals surface area contributed by atoms with Crippen LogP contribution in [-0.2, 0) is 22.6 Å². The van der Waals surface area contributed by atoms with Crippen LogP contribution < -0.4 is 23.5 Å². The van der Waals surface area contributed by atoms with Crippen molar-refractivity contribution in [3.8, 4) is 34.3 Å². The smallest absolute Gasteiger partial charge is 0.260 e. The second kappa shape index (κ2) is 16.0. The van der Waals surface area contributed by atoms with Crippen molar-refractivity contribution in [2.45, 2.75) is 110 Å². The van der Waals surface area contributed by atoms with Crippen molar-refractivity contribution in [2.75, 3.05) is 47.7 Å². The van der Waals surface area contributed by atoms with Gasteiger partial charge in [0.15, 0.2) is 42.3 Å². The number of amides is 2. The van der Waals surface area contributed by atoms with Gasteiger partial charge in [0, 0.05) is 46.1 Å². The Labute approximate surface area is 355 Å². The van der Waals surface area contributed by atoms with Gasteiger partial charge in [-0.15, -0.1) is 0 Å². The van der Waals surface area contributed by atoms with Gasteiger partial charge in [-0.25, -0.2) is 0 Å². The first kappa shape index (κ1) is 41.3. The molecule has 324 valence electrons. The highest BCUT2D eigenvalue weighted by Crippen LogP contribution is 2.68. The molecule has 4 fully saturated rings. The molecule has 2 aliphatic heterocycles. The molecule has 9 rings (SSSR count). The lowest BCUT2D eigenvalue weighted by atomic mass is 9.43. The van der Waals surface area contributed by atoms with Crippen molar-refractivity contribution in [1.29, 1.82) is 0 Å². The van der Waals surface area contributed by atoms with Crippen LogP contribution >= 0.6 is 0 Å². The van der Waals surface area contributed by atoms with E-state index in [0.717, 1.165) is 78.6 Å². The van der Waals surface area contributed by atoms with E-state index in [4.69, 9.17) is 18.9 Å². The average molecular weight is 825 g/mol. The molecule has 4 aliphatic carbocycles. The Balaban J connectivity index is 0.776. The summed E-state index contributed by atoms with van der Waals surface area (Å²) in [6, 6.07) is 10.2. The summed E-state index contributed by atoms with van der Waals surface area (Å²) in [6.45, 7) is 9.03. The predicted molar refractivity (Wildman–Crippen MR) is 228 cm³/mol.